The number of carbonyl (C=O) groups excluding carboxylic acids is 1. The molecule has 2 atom stereocenters. The number of likely N-dealkylation sites (tertiary alicyclic amines) is 1. The Morgan fingerprint density at radius 2 is 2.29 bits per heavy atom. The summed E-state index contributed by atoms with van der Waals surface area (Å²) in [5, 5.41) is 12.0. The van der Waals surface area contributed by atoms with Crippen LogP contribution in [0.3, 0.4) is 0 Å². The third-order valence-corrected chi connectivity index (χ3v) is 3.56. The molecule has 0 bridgehead atoms. The minimum absolute atomic E-state index is 0.0381. The van der Waals surface area contributed by atoms with E-state index in [4.69, 9.17) is 5.11 Å². The molecular formula is C13H14N2O2. The van der Waals surface area contributed by atoms with E-state index in [-0.39, 0.29) is 12.1 Å². The second kappa shape index (κ2) is 3.80. The number of hydrogen-bond acceptors (Lipinski definition) is 3. The Balaban J connectivity index is 1.88. The highest BCUT2D eigenvalue weighted by Crippen LogP contribution is 2.43. The molecule has 2 N–H and O–H groups in total. The lowest BCUT2D eigenvalue weighted by Gasteiger charge is -2.23. The second-order valence-corrected chi connectivity index (χ2v) is 4.42. The Labute approximate surface area is 99.6 Å². The average molecular weight is 230 g/mol. The van der Waals surface area contributed by atoms with Gasteiger partial charge in [0.25, 0.3) is 5.91 Å². The van der Waals surface area contributed by atoms with Gasteiger partial charge in [-0.05, 0) is 18.1 Å². The maximum Gasteiger partial charge on any atom is 0.251 e. The zero-order valence-electron chi connectivity index (χ0n) is 9.34. The molecule has 1 fully saturated rings. The van der Waals surface area contributed by atoms with Crippen LogP contribution in [0.2, 0.25) is 0 Å². The van der Waals surface area contributed by atoms with Crippen molar-refractivity contribution < 1.29 is 9.90 Å². The molecule has 88 valence electrons. The van der Waals surface area contributed by atoms with Crippen LogP contribution in [0.15, 0.2) is 36.6 Å². The summed E-state index contributed by atoms with van der Waals surface area (Å²) in [5.74, 6) is 0.238. The van der Waals surface area contributed by atoms with Crippen molar-refractivity contribution in [1.29, 1.82) is 0 Å². The molecule has 0 aromatic heterocycles. The maximum atomic E-state index is 11.8. The van der Waals surface area contributed by atoms with E-state index in [0.29, 0.717) is 5.92 Å². The van der Waals surface area contributed by atoms with Gasteiger partial charge in [-0.25, -0.2) is 0 Å². The number of para-hydroxylation sites is 1. The number of amides is 1. The SMILES string of the molecule is O=C(C=CO)N1CCC2c3ccccc3NC21. The minimum Gasteiger partial charge on any atom is -0.515 e. The number of hydrogen-bond donors (Lipinski definition) is 2. The summed E-state index contributed by atoms with van der Waals surface area (Å²) < 4.78 is 0. The largest absolute Gasteiger partial charge is 0.515 e. The van der Waals surface area contributed by atoms with Gasteiger partial charge in [-0.2, -0.15) is 0 Å². The van der Waals surface area contributed by atoms with Gasteiger partial charge in [0.1, 0.15) is 6.17 Å². The predicted molar refractivity (Wildman–Crippen MR) is 64.7 cm³/mol. The summed E-state index contributed by atoms with van der Waals surface area (Å²) in [6.45, 7) is 0.736. The minimum atomic E-state index is -0.139. The van der Waals surface area contributed by atoms with Gasteiger partial charge in [-0.15, -0.1) is 0 Å². The number of benzene rings is 1. The van der Waals surface area contributed by atoms with Crippen LogP contribution in [0.4, 0.5) is 5.69 Å². The fourth-order valence-corrected chi connectivity index (χ4v) is 2.81. The van der Waals surface area contributed by atoms with Crippen LogP contribution in [0.1, 0.15) is 17.9 Å². The van der Waals surface area contributed by atoms with Crippen LogP contribution in [-0.2, 0) is 4.79 Å². The van der Waals surface area contributed by atoms with Crippen molar-refractivity contribution >= 4 is 11.6 Å². The molecule has 3 rings (SSSR count). The van der Waals surface area contributed by atoms with E-state index in [0.717, 1.165) is 24.9 Å². The summed E-state index contributed by atoms with van der Waals surface area (Å²) in [5.41, 5.74) is 2.41. The van der Waals surface area contributed by atoms with E-state index in [2.05, 4.69) is 11.4 Å². The third-order valence-electron chi connectivity index (χ3n) is 3.56. The highest BCUT2D eigenvalue weighted by atomic mass is 16.2. The van der Waals surface area contributed by atoms with Gasteiger partial charge in [0, 0.05) is 24.2 Å². The highest BCUT2D eigenvalue weighted by Gasteiger charge is 2.42. The van der Waals surface area contributed by atoms with E-state index in [9.17, 15) is 4.79 Å². The van der Waals surface area contributed by atoms with Crippen LogP contribution < -0.4 is 5.32 Å². The smallest absolute Gasteiger partial charge is 0.251 e. The molecule has 0 radical (unpaired) electrons. The standard InChI is InChI=1S/C13H14N2O2/c16-8-6-12(17)15-7-5-10-9-3-1-2-4-11(9)14-13(10)15/h1-4,6,8,10,13-14,16H,5,7H2. The van der Waals surface area contributed by atoms with Gasteiger partial charge < -0.3 is 15.3 Å². The van der Waals surface area contributed by atoms with Crippen LogP contribution >= 0.6 is 0 Å². The summed E-state index contributed by atoms with van der Waals surface area (Å²) in [6.07, 6.45) is 3.01. The van der Waals surface area contributed by atoms with E-state index in [1.807, 2.05) is 18.2 Å². The third kappa shape index (κ3) is 1.48. The van der Waals surface area contributed by atoms with Crippen LogP contribution in [-0.4, -0.2) is 28.6 Å². The topological polar surface area (TPSA) is 52.6 Å². The second-order valence-electron chi connectivity index (χ2n) is 4.42. The monoisotopic (exact) mass is 230 g/mol. The van der Waals surface area contributed by atoms with Crippen molar-refractivity contribution in [2.45, 2.75) is 18.5 Å². The molecule has 17 heavy (non-hydrogen) atoms. The first-order valence-corrected chi connectivity index (χ1v) is 5.78. The number of fused-ring (bicyclic) bond motifs is 3. The molecule has 2 unspecified atom stereocenters. The van der Waals surface area contributed by atoms with Crippen LogP contribution in [0.25, 0.3) is 0 Å². The molecule has 0 saturated carbocycles. The Hall–Kier alpha value is -1.97. The quantitative estimate of drug-likeness (QED) is 0.571. The average Bonchev–Trinajstić information content (AvgIpc) is 2.87. The van der Waals surface area contributed by atoms with Gasteiger partial charge >= 0.3 is 0 Å². The van der Waals surface area contributed by atoms with E-state index in [1.165, 1.54) is 11.6 Å². The van der Waals surface area contributed by atoms with Crippen molar-refractivity contribution in [3.05, 3.63) is 42.2 Å². The maximum absolute atomic E-state index is 11.8. The highest BCUT2D eigenvalue weighted by molar-refractivity contribution is 5.88. The normalized spacial score (nSPS) is 25.8. The van der Waals surface area contributed by atoms with E-state index >= 15 is 0 Å². The van der Waals surface area contributed by atoms with Gasteiger partial charge in [0.05, 0.1) is 6.26 Å². The molecule has 2 heterocycles. The molecule has 2 aliphatic heterocycles. The first-order valence-electron chi connectivity index (χ1n) is 5.78. The number of anilines is 1. The predicted octanol–water partition coefficient (Wildman–Crippen LogP) is 1.83. The Morgan fingerprint density at radius 1 is 1.47 bits per heavy atom. The van der Waals surface area contributed by atoms with Crippen LogP contribution in [0.5, 0.6) is 0 Å². The molecule has 0 aliphatic carbocycles. The molecular weight excluding hydrogens is 216 g/mol. The van der Waals surface area contributed by atoms with E-state index < -0.39 is 0 Å². The summed E-state index contributed by atoms with van der Waals surface area (Å²) in [4.78, 5) is 13.6. The molecule has 4 nitrogen and oxygen atoms in total. The lowest BCUT2D eigenvalue weighted by Crippen LogP contribution is -2.39. The van der Waals surface area contributed by atoms with E-state index in [1.54, 1.807) is 4.90 Å². The fraction of sp³-hybridized carbons (Fsp3) is 0.308. The lowest BCUT2D eigenvalue weighted by atomic mass is 9.99. The van der Waals surface area contributed by atoms with Gasteiger partial charge in [-0.3, -0.25) is 4.79 Å². The Kier molecular flexibility index (Phi) is 2.28. The van der Waals surface area contributed by atoms with Crippen LogP contribution in [0, 0.1) is 0 Å². The van der Waals surface area contributed by atoms with Gasteiger partial charge in [0.15, 0.2) is 0 Å². The molecule has 1 aromatic rings. The van der Waals surface area contributed by atoms with Gasteiger partial charge in [-0.1, -0.05) is 18.2 Å². The molecule has 2 aliphatic rings. The molecule has 1 saturated heterocycles. The lowest BCUT2D eigenvalue weighted by molar-refractivity contribution is -0.126. The van der Waals surface area contributed by atoms with Crippen molar-refractivity contribution in [2.24, 2.45) is 0 Å². The summed E-state index contributed by atoms with van der Waals surface area (Å²) in [6, 6.07) is 8.18. The zero-order chi connectivity index (χ0) is 11.8. The summed E-state index contributed by atoms with van der Waals surface area (Å²) in [7, 11) is 0. The number of nitrogens with zero attached hydrogens (tertiary/aromatic N) is 1. The van der Waals surface area contributed by atoms with Crippen molar-refractivity contribution in [3.8, 4) is 0 Å². The Bertz CT molecular complexity index is 484. The van der Waals surface area contributed by atoms with Crippen molar-refractivity contribution in [2.75, 3.05) is 11.9 Å². The number of rotatable bonds is 1. The van der Waals surface area contributed by atoms with Crippen molar-refractivity contribution in [3.63, 3.8) is 0 Å². The molecule has 0 spiro atoms. The first kappa shape index (κ1) is 10.2. The Morgan fingerprint density at radius 3 is 3.12 bits per heavy atom. The van der Waals surface area contributed by atoms with Crippen molar-refractivity contribution in [1.82, 2.24) is 4.90 Å². The number of aliphatic hydroxyl groups is 1. The number of carbonyl (C=O) groups is 1. The zero-order valence-corrected chi connectivity index (χ0v) is 9.34. The fourth-order valence-electron chi connectivity index (χ4n) is 2.81. The molecule has 1 aromatic carbocycles. The first-order chi connectivity index (χ1) is 8.31. The number of aliphatic hydroxyl groups excluding tert-OH is 1. The molecule has 1 amide bonds. The summed E-state index contributed by atoms with van der Waals surface area (Å²) >= 11 is 0. The number of nitrogens with one attached hydrogen (secondary N) is 1. The van der Waals surface area contributed by atoms with Gasteiger partial charge in [0.2, 0.25) is 0 Å². The molecule has 4 heteroatoms.